The zero-order valence-electron chi connectivity index (χ0n) is 19.7. The number of aromatic nitrogens is 2. The van der Waals surface area contributed by atoms with E-state index in [0.29, 0.717) is 32.2 Å². The number of hydrogen-bond acceptors (Lipinski definition) is 5. The summed E-state index contributed by atoms with van der Waals surface area (Å²) in [4.78, 5) is 2.34. The third kappa shape index (κ3) is 6.44. The second kappa shape index (κ2) is 11.5. The van der Waals surface area contributed by atoms with Crippen LogP contribution in [-0.2, 0) is 17.7 Å². The van der Waals surface area contributed by atoms with Crippen molar-refractivity contribution in [3.8, 4) is 17.3 Å². The van der Waals surface area contributed by atoms with E-state index in [2.05, 4.69) is 11.8 Å². The van der Waals surface area contributed by atoms with Gasteiger partial charge < -0.3 is 14.6 Å². The fourth-order valence-corrected chi connectivity index (χ4v) is 4.07. The number of aliphatic hydroxyl groups excluding tert-OH is 1. The average molecular weight is 450 g/mol. The van der Waals surface area contributed by atoms with Crippen molar-refractivity contribution in [1.29, 1.82) is 0 Å². The number of aliphatic hydroxyl groups is 1. The van der Waals surface area contributed by atoms with Gasteiger partial charge in [-0.3, -0.25) is 4.90 Å². The molecule has 0 bridgehead atoms. The highest BCUT2D eigenvalue weighted by molar-refractivity contribution is 5.43. The Hall–Kier alpha value is -2.67. The van der Waals surface area contributed by atoms with E-state index in [9.17, 15) is 5.11 Å². The van der Waals surface area contributed by atoms with Crippen LogP contribution in [0.2, 0.25) is 0 Å². The molecule has 0 unspecified atom stereocenters. The van der Waals surface area contributed by atoms with Crippen molar-refractivity contribution in [2.45, 2.75) is 45.8 Å². The largest absolute Gasteiger partial charge is 0.439 e. The van der Waals surface area contributed by atoms with E-state index in [-0.39, 0.29) is 0 Å². The second-order valence-electron chi connectivity index (χ2n) is 8.70. The molecule has 0 radical (unpaired) electrons. The van der Waals surface area contributed by atoms with Crippen LogP contribution in [0.15, 0.2) is 60.7 Å². The van der Waals surface area contributed by atoms with Crippen molar-refractivity contribution in [3.63, 3.8) is 0 Å². The number of nitrogens with zero attached hydrogens (tertiary/aromatic N) is 3. The third-order valence-corrected chi connectivity index (χ3v) is 5.89. The Morgan fingerprint density at radius 1 is 1.06 bits per heavy atom. The molecule has 33 heavy (non-hydrogen) atoms. The molecule has 2 aromatic carbocycles. The molecule has 3 aromatic rings. The van der Waals surface area contributed by atoms with Gasteiger partial charge in [0.15, 0.2) is 0 Å². The molecule has 4 rings (SSSR count). The molecule has 1 aliphatic rings. The molecule has 176 valence electrons. The van der Waals surface area contributed by atoms with Crippen molar-refractivity contribution in [2.24, 2.45) is 5.92 Å². The summed E-state index contributed by atoms with van der Waals surface area (Å²) in [6.45, 7) is 7.26. The lowest BCUT2D eigenvalue weighted by Crippen LogP contribution is -2.36. The van der Waals surface area contributed by atoms with Crippen LogP contribution in [0.25, 0.3) is 5.69 Å². The summed E-state index contributed by atoms with van der Waals surface area (Å²) in [5, 5.41) is 15.5. The molecule has 0 saturated heterocycles. The van der Waals surface area contributed by atoms with E-state index < -0.39 is 6.10 Å². The maximum atomic E-state index is 10.6. The van der Waals surface area contributed by atoms with Gasteiger partial charge in [-0.1, -0.05) is 43.3 Å². The smallest absolute Gasteiger partial charge is 0.227 e. The van der Waals surface area contributed by atoms with Crippen LogP contribution in [0.5, 0.6) is 11.6 Å². The molecule has 1 heterocycles. The van der Waals surface area contributed by atoms with Crippen LogP contribution in [0.1, 0.15) is 37.9 Å². The highest BCUT2D eigenvalue weighted by Gasteiger charge is 2.28. The van der Waals surface area contributed by atoms with Gasteiger partial charge in [-0.25, -0.2) is 4.68 Å². The van der Waals surface area contributed by atoms with Crippen LogP contribution < -0.4 is 4.74 Å². The van der Waals surface area contributed by atoms with Crippen molar-refractivity contribution in [3.05, 3.63) is 71.9 Å². The zero-order chi connectivity index (χ0) is 23.0. The maximum absolute atomic E-state index is 10.6. The predicted octanol–water partition coefficient (Wildman–Crippen LogP) is 4.84. The standard InChI is InChI=1S/C27H35N3O3/c1-3-26-25(19-29(17-21-15-16-21)18-23(31)20-32-4-2)27(33-24-13-9-6-10-14-24)30(28-26)22-11-7-5-8-12-22/h5-14,21,23,31H,3-4,15-20H2,1-2H3/t23-/m0/s1. The Morgan fingerprint density at radius 3 is 2.39 bits per heavy atom. The fraction of sp³-hybridized carbons (Fsp3) is 0.444. The van der Waals surface area contributed by atoms with Gasteiger partial charge in [0.05, 0.1) is 29.7 Å². The van der Waals surface area contributed by atoms with Gasteiger partial charge in [-0.2, -0.15) is 5.10 Å². The summed E-state index contributed by atoms with van der Waals surface area (Å²) in [6.07, 6.45) is 2.81. The van der Waals surface area contributed by atoms with E-state index >= 15 is 0 Å². The molecule has 1 atom stereocenters. The number of rotatable bonds is 13. The lowest BCUT2D eigenvalue weighted by Gasteiger charge is -2.25. The molecule has 6 nitrogen and oxygen atoms in total. The van der Waals surface area contributed by atoms with Crippen molar-refractivity contribution < 1.29 is 14.6 Å². The zero-order valence-corrected chi connectivity index (χ0v) is 19.7. The van der Waals surface area contributed by atoms with Gasteiger partial charge in [0.25, 0.3) is 0 Å². The van der Waals surface area contributed by atoms with Gasteiger partial charge in [0.2, 0.25) is 5.88 Å². The number of para-hydroxylation sites is 2. The summed E-state index contributed by atoms with van der Waals surface area (Å²) in [6, 6.07) is 20.0. The molecule has 6 heteroatoms. The topological polar surface area (TPSA) is 59.8 Å². The van der Waals surface area contributed by atoms with Crippen molar-refractivity contribution >= 4 is 0 Å². The van der Waals surface area contributed by atoms with Crippen LogP contribution in [0.3, 0.4) is 0 Å². The van der Waals surface area contributed by atoms with Crippen molar-refractivity contribution in [1.82, 2.24) is 14.7 Å². The fourth-order valence-electron chi connectivity index (χ4n) is 4.07. The molecule has 1 aromatic heterocycles. The molecular weight excluding hydrogens is 414 g/mol. The third-order valence-electron chi connectivity index (χ3n) is 5.89. The van der Waals surface area contributed by atoms with Crippen LogP contribution in [0.4, 0.5) is 0 Å². The Morgan fingerprint density at radius 2 is 1.76 bits per heavy atom. The number of benzene rings is 2. The first-order chi connectivity index (χ1) is 16.2. The molecule has 0 amide bonds. The van der Waals surface area contributed by atoms with Crippen molar-refractivity contribution in [2.75, 3.05) is 26.3 Å². The second-order valence-corrected chi connectivity index (χ2v) is 8.70. The lowest BCUT2D eigenvalue weighted by molar-refractivity contribution is 0.0186. The Balaban J connectivity index is 1.67. The molecule has 0 spiro atoms. The van der Waals surface area contributed by atoms with Gasteiger partial charge in [0.1, 0.15) is 5.75 Å². The summed E-state index contributed by atoms with van der Waals surface area (Å²) in [7, 11) is 0. The van der Waals surface area contributed by atoms with Crippen LogP contribution >= 0.6 is 0 Å². The van der Waals surface area contributed by atoms with Gasteiger partial charge in [0, 0.05) is 26.2 Å². The molecule has 1 fully saturated rings. The minimum atomic E-state index is -0.517. The molecule has 1 saturated carbocycles. The Labute approximate surface area is 196 Å². The van der Waals surface area contributed by atoms with E-state index in [1.807, 2.05) is 72.3 Å². The highest BCUT2D eigenvalue weighted by Crippen LogP contribution is 2.34. The predicted molar refractivity (Wildman–Crippen MR) is 130 cm³/mol. The first kappa shape index (κ1) is 23.5. The normalized spacial score (nSPS) is 14.5. The Bertz CT molecular complexity index is 987. The quantitative estimate of drug-likeness (QED) is 0.405. The summed E-state index contributed by atoms with van der Waals surface area (Å²) in [5.74, 6) is 2.23. The van der Waals surface area contributed by atoms with E-state index in [4.69, 9.17) is 14.6 Å². The van der Waals surface area contributed by atoms with E-state index in [0.717, 1.165) is 41.5 Å². The van der Waals surface area contributed by atoms with Gasteiger partial charge in [-0.15, -0.1) is 0 Å². The van der Waals surface area contributed by atoms with Crippen LogP contribution in [0, 0.1) is 5.92 Å². The minimum Gasteiger partial charge on any atom is -0.439 e. The number of ether oxygens (including phenoxy) is 2. The molecular formula is C27H35N3O3. The highest BCUT2D eigenvalue weighted by atomic mass is 16.5. The van der Waals surface area contributed by atoms with Gasteiger partial charge in [-0.05, 0) is 56.4 Å². The van der Waals surface area contributed by atoms with E-state index in [1.54, 1.807) is 0 Å². The summed E-state index contributed by atoms with van der Waals surface area (Å²) in [5.41, 5.74) is 3.06. The minimum absolute atomic E-state index is 0.356. The molecule has 0 aliphatic heterocycles. The monoisotopic (exact) mass is 449 g/mol. The first-order valence-electron chi connectivity index (χ1n) is 12.0. The number of hydrogen-bond donors (Lipinski definition) is 1. The maximum Gasteiger partial charge on any atom is 0.227 e. The first-order valence-corrected chi connectivity index (χ1v) is 12.0. The van der Waals surface area contributed by atoms with Crippen LogP contribution in [-0.4, -0.2) is 52.2 Å². The van der Waals surface area contributed by atoms with Gasteiger partial charge >= 0.3 is 0 Å². The lowest BCUT2D eigenvalue weighted by atomic mass is 10.1. The average Bonchev–Trinajstić information content (AvgIpc) is 3.60. The Kier molecular flexibility index (Phi) is 8.15. The molecule has 1 aliphatic carbocycles. The summed E-state index contributed by atoms with van der Waals surface area (Å²) < 4.78 is 13.8. The van der Waals surface area contributed by atoms with E-state index in [1.165, 1.54) is 12.8 Å². The summed E-state index contributed by atoms with van der Waals surface area (Å²) >= 11 is 0. The molecule has 1 N–H and O–H groups in total. The SMILES string of the molecule is CCOC[C@@H](O)CN(Cc1c(CC)nn(-c2ccccc2)c1Oc1ccccc1)CC1CC1. The number of aryl methyl sites for hydroxylation is 1.